The van der Waals surface area contributed by atoms with Gasteiger partial charge in [-0.05, 0) is 12.1 Å². The number of ketones is 1. The summed E-state index contributed by atoms with van der Waals surface area (Å²) in [5, 5.41) is 0. The first-order valence-corrected chi connectivity index (χ1v) is 6.88. The Morgan fingerprint density at radius 2 is 1.35 bits per heavy atom. The molecule has 2 heteroatoms. The minimum Gasteiger partial charge on any atom is -0.457 e. The molecule has 1 aliphatic rings. The van der Waals surface area contributed by atoms with Crippen LogP contribution in [-0.2, 0) is 4.79 Å². The van der Waals surface area contributed by atoms with Crippen molar-refractivity contribution < 1.29 is 9.53 Å². The van der Waals surface area contributed by atoms with Crippen LogP contribution >= 0.6 is 0 Å². The summed E-state index contributed by atoms with van der Waals surface area (Å²) in [5.74, 6) is 1.56. The second kappa shape index (κ2) is 4.48. The minimum absolute atomic E-state index is 0.223. The third kappa shape index (κ3) is 2.01. The number of benzene rings is 2. The molecule has 0 saturated carbocycles. The van der Waals surface area contributed by atoms with Crippen LogP contribution in [-0.4, -0.2) is 5.78 Å². The third-order valence-corrected chi connectivity index (χ3v) is 3.68. The van der Waals surface area contributed by atoms with Crippen LogP contribution in [0.1, 0.15) is 37.8 Å². The summed E-state index contributed by atoms with van der Waals surface area (Å²) in [6.07, 6.45) is 0. The largest absolute Gasteiger partial charge is 0.457 e. The van der Waals surface area contributed by atoms with Crippen molar-refractivity contribution >= 4 is 5.78 Å². The second-order valence-corrected chi connectivity index (χ2v) is 6.22. The van der Waals surface area contributed by atoms with Gasteiger partial charge >= 0.3 is 0 Å². The van der Waals surface area contributed by atoms with Crippen LogP contribution in [0.4, 0.5) is 0 Å². The van der Waals surface area contributed by atoms with Gasteiger partial charge in [0.15, 0.2) is 0 Å². The average molecular weight is 266 g/mol. The molecule has 1 aliphatic heterocycles. The van der Waals surface area contributed by atoms with Gasteiger partial charge in [-0.2, -0.15) is 0 Å². The maximum Gasteiger partial charge on any atom is 0.150 e. The SMILES string of the molecule is CC(C)(C)C(=O)C1c2ccccc2Oc2ccccc21. The summed E-state index contributed by atoms with van der Waals surface area (Å²) < 4.78 is 5.92. The fourth-order valence-corrected chi connectivity index (χ4v) is 2.63. The zero-order valence-electron chi connectivity index (χ0n) is 12.0. The molecular weight excluding hydrogens is 248 g/mol. The van der Waals surface area contributed by atoms with Crippen LogP contribution < -0.4 is 4.74 Å². The Hall–Kier alpha value is -2.09. The molecule has 0 aliphatic carbocycles. The van der Waals surface area contributed by atoms with Gasteiger partial charge in [0.1, 0.15) is 17.3 Å². The summed E-state index contributed by atoms with van der Waals surface area (Å²) in [4.78, 5) is 12.9. The molecular formula is C18H18O2. The first-order valence-electron chi connectivity index (χ1n) is 6.88. The monoisotopic (exact) mass is 266 g/mol. The van der Waals surface area contributed by atoms with E-state index >= 15 is 0 Å². The number of para-hydroxylation sites is 2. The van der Waals surface area contributed by atoms with Crippen molar-refractivity contribution in [3.63, 3.8) is 0 Å². The van der Waals surface area contributed by atoms with Crippen LogP contribution in [0.15, 0.2) is 48.5 Å². The molecule has 2 aromatic carbocycles. The van der Waals surface area contributed by atoms with E-state index < -0.39 is 0 Å². The molecule has 0 N–H and O–H groups in total. The Morgan fingerprint density at radius 1 is 0.900 bits per heavy atom. The Bertz CT molecular complexity index is 620. The van der Waals surface area contributed by atoms with E-state index in [1.165, 1.54) is 0 Å². The molecule has 0 radical (unpaired) electrons. The van der Waals surface area contributed by atoms with Gasteiger partial charge in [-0.1, -0.05) is 57.2 Å². The minimum atomic E-state index is -0.387. The highest BCUT2D eigenvalue weighted by atomic mass is 16.5. The van der Waals surface area contributed by atoms with Crippen molar-refractivity contribution in [2.45, 2.75) is 26.7 Å². The van der Waals surface area contributed by atoms with E-state index in [-0.39, 0.29) is 17.1 Å². The van der Waals surface area contributed by atoms with Crippen LogP contribution in [0.3, 0.4) is 0 Å². The van der Waals surface area contributed by atoms with Crippen LogP contribution in [0.5, 0.6) is 11.5 Å². The summed E-state index contributed by atoms with van der Waals surface area (Å²) in [6.45, 7) is 5.90. The molecule has 0 spiro atoms. The van der Waals surface area contributed by atoms with Crippen LogP contribution in [0.25, 0.3) is 0 Å². The molecule has 0 atom stereocenters. The number of ether oxygens (including phenoxy) is 1. The predicted octanol–water partition coefficient (Wildman–Crippen LogP) is 4.54. The first-order chi connectivity index (χ1) is 9.48. The predicted molar refractivity (Wildman–Crippen MR) is 79.3 cm³/mol. The van der Waals surface area contributed by atoms with Gasteiger partial charge in [0.05, 0.1) is 5.92 Å². The molecule has 102 valence electrons. The zero-order chi connectivity index (χ0) is 14.3. The van der Waals surface area contributed by atoms with E-state index in [1.807, 2.05) is 69.3 Å². The molecule has 1 heterocycles. The maximum atomic E-state index is 12.9. The fraction of sp³-hybridized carbons (Fsp3) is 0.278. The van der Waals surface area contributed by atoms with Gasteiger partial charge in [0, 0.05) is 16.5 Å². The molecule has 2 nitrogen and oxygen atoms in total. The number of carbonyl (C=O) groups excluding carboxylic acids is 1. The van der Waals surface area contributed by atoms with E-state index in [4.69, 9.17) is 4.74 Å². The fourth-order valence-electron chi connectivity index (χ4n) is 2.63. The summed E-state index contributed by atoms with van der Waals surface area (Å²) in [5.41, 5.74) is 1.54. The standard InChI is InChI=1S/C18H18O2/c1-18(2,3)17(19)16-12-8-4-6-10-14(12)20-15-11-7-5-9-13(15)16/h4-11,16H,1-3H3. The molecule has 0 aromatic heterocycles. The Balaban J connectivity index is 2.20. The number of Topliss-reactive ketones (excluding diaryl/α,β-unsaturated/α-hetero) is 1. The van der Waals surface area contributed by atoms with Gasteiger partial charge in [-0.15, -0.1) is 0 Å². The van der Waals surface area contributed by atoms with Crippen molar-refractivity contribution in [1.29, 1.82) is 0 Å². The number of hydrogen-bond acceptors (Lipinski definition) is 2. The van der Waals surface area contributed by atoms with Gasteiger partial charge in [0.25, 0.3) is 0 Å². The lowest BCUT2D eigenvalue weighted by molar-refractivity contribution is -0.127. The smallest absolute Gasteiger partial charge is 0.150 e. The van der Waals surface area contributed by atoms with Crippen LogP contribution in [0.2, 0.25) is 0 Å². The van der Waals surface area contributed by atoms with E-state index in [0.717, 1.165) is 22.6 Å². The lowest BCUT2D eigenvalue weighted by Crippen LogP contribution is -2.29. The van der Waals surface area contributed by atoms with Crippen molar-refractivity contribution in [2.75, 3.05) is 0 Å². The average Bonchev–Trinajstić information content (AvgIpc) is 2.43. The molecule has 0 fully saturated rings. The molecule has 3 rings (SSSR count). The molecule has 0 unspecified atom stereocenters. The normalized spacial score (nSPS) is 14.2. The van der Waals surface area contributed by atoms with Gasteiger partial charge in [-0.3, -0.25) is 4.79 Å². The summed E-state index contributed by atoms with van der Waals surface area (Å²) >= 11 is 0. The van der Waals surface area contributed by atoms with Crippen molar-refractivity contribution in [1.82, 2.24) is 0 Å². The van der Waals surface area contributed by atoms with E-state index in [2.05, 4.69) is 0 Å². The van der Waals surface area contributed by atoms with Gasteiger partial charge in [0.2, 0.25) is 0 Å². The lowest BCUT2D eigenvalue weighted by Gasteiger charge is -2.31. The van der Waals surface area contributed by atoms with Crippen molar-refractivity contribution in [3.8, 4) is 11.5 Å². The molecule has 20 heavy (non-hydrogen) atoms. The number of rotatable bonds is 1. The Morgan fingerprint density at radius 3 is 1.80 bits per heavy atom. The summed E-state index contributed by atoms with van der Waals surface area (Å²) in [6, 6.07) is 15.6. The molecule has 0 amide bonds. The molecule has 2 aromatic rings. The number of carbonyl (C=O) groups is 1. The maximum absolute atomic E-state index is 12.9. The first kappa shape index (κ1) is 12.9. The second-order valence-electron chi connectivity index (χ2n) is 6.22. The van der Waals surface area contributed by atoms with Gasteiger partial charge < -0.3 is 4.74 Å². The highest BCUT2D eigenvalue weighted by molar-refractivity contribution is 5.94. The zero-order valence-corrected chi connectivity index (χ0v) is 12.0. The highest BCUT2D eigenvalue weighted by Crippen LogP contribution is 2.46. The van der Waals surface area contributed by atoms with Crippen LogP contribution in [0, 0.1) is 5.41 Å². The van der Waals surface area contributed by atoms with E-state index in [1.54, 1.807) is 0 Å². The quantitative estimate of drug-likeness (QED) is 0.757. The topological polar surface area (TPSA) is 26.3 Å². The van der Waals surface area contributed by atoms with E-state index in [9.17, 15) is 4.79 Å². The lowest BCUT2D eigenvalue weighted by atomic mass is 9.75. The Kier molecular flexibility index (Phi) is 2.89. The highest BCUT2D eigenvalue weighted by Gasteiger charge is 2.37. The molecule has 0 bridgehead atoms. The van der Waals surface area contributed by atoms with Gasteiger partial charge in [-0.25, -0.2) is 0 Å². The molecule has 0 saturated heterocycles. The number of hydrogen-bond donors (Lipinski definition) is 0. The van der Waals surface area contributed by atoms with E-state index in [0.29, 0.717) is 0 Å². The summed E-state index contributed by atoms with van der Waals surface area (Å²) in [7, 11) is 0. The third-order valence-electron chi connectivity index (χ3n) is 3.68. The van der Waals surface area contributed by atoms with Crippen molar-refractivity contribution in [2.24, 2.45) is 5.41 Å². The Labute approximate surface area is 119 Å². The number of fused-ring (bicyclic) bond motifs is 2. The van der Waals surface area contributed by atoms with Crippen molar-refractivity contribution in [3.05, 3.63) is 59.7 Å².